The van der Waals surface area contributed by atoms with Gasteiger partial charge in [-0.3, -0.25) is 14.4 Å². The highest BCUT2D eigenvalue weighted by molar-refractivity contribution is 5.99. The molecule has 0 fully saturated rings. The Balaban J connectivity index is 1.92. The van der Waals surface area contributed by atoms with E-state index >= 15 is 0 Å². The highest BCUT2D eigenvalue weighted by atomic mass is 16.4. The van der Waals surface area contributed by atoms with E-state index in [-0.39, 0.29) is 24.8 Å². The Hall–Kier alpha value is -2.37. The van der Waals surface area contributed by atoms with Crippen molar-refractivity contribution in [3.05, 3.63) is 29.8 Å². The highest BCUT2D eigenvalue weighted by Crippen LogP contribution is 2.36. The fourth-order valence-corrected chi connectivity index (χ4v) is 3.44. The van der Waals surface area contributed by atoms with E-state index in [1.807, 2.05) is 18.7 Å². The monoisotopic (exact) mass is 360 g/mol. The first-order valence-corrected chi connectivity index (χ1v) is 9.39. The Morgan fingerprint density at radius 3 is 2.38 bits per heavy atom. The number of carbonyl (C=O) groups excluding carboxylic acids is 2. The van der Waals surface area contributed by atoms with Crippen LogP contribution < -0.4 is 4.90 Å². The number of para-hydroxylation sites is 1. The molecule has 6 heteroatoms. The van der Waals surface area contributed by atoms with Crippen LogP contribution in [0.1, 0.15) is 57.4 Å². The molecule has 1 aliphatic heterocycles. The summed E-state index contributed by atoms with van der Waals surface area (Å²) >= 11 is 0. The summed E-state index contributed by atoms with van der Waals surface area (Å²) in [5.74, 6) is -1.63. The second kappa shape index (κ2) is 9.36. The molecule has 0 saturated heterocycles. The van der Waals surface area contributed by atoms with Crippen LogP contribution in [-0.4, -0.2) is 47.4 Å². The molecule has 1 unspecified atom stereocenters. The molecular formula is C20H28N2O4. The normalized spacial score (nSPS) is 15.6. The van der Waals surface area contributed by atoms with Gasteiger partial charge in [-0.25, -0.2) is 0 Å². The topological polar surface area (TPSA) is 77.9 Å². The summed E-state index contributed by atoms with van der Waals surface area (Å²) < 4.78 is 0. The lowest BCUT2D eigenvalue weighted by Crippen LogP contribution is -2.33. The van der Waals surface area contributed by atoms with Gasteiger partial charge in [0.15, 0.2) is 0 Å². The minimum absolute atomic E-state index is 0.0896. The summed E-state index contributed by atoms with van der Waals surface area (Å²) in [4.78, 5) is 39.7. The van der Waals surface area contributed by atoms with Crippen LogP contribution in [0.15, 0.2) is 24.3 Å². The molecule has 2 rings (SSSR count). The lowest BCUT2D eigenvalue weighted by atomic mass is 10.0. The van der Waals surface area contributed by atoms with E-state index < -0.39 is 11.9 Å². The largest absolute Gasteiger partial charge is 0.481 e. The van der Waals surface area contributed by atoms with E-state index in [1.165, 1.54) is 0 Å². The Bertz CT molecular complexity index is 653. The fourth-order valence-electron chi connectivity index (χ4n) is 3.44. The van der Waals surface area contributed by atoms with Crippen molar-refractivity contribution in [2.75, 3.05) is 24.5 Å². The van der Waals surface area contributed by atoms with Crippen molar-refractivity contribution in [1.29, 1.82) is 0 Å². The first kappa shape index (κ1) is 19.9. The molecule has 1 aliphatic rings. The number of carboxylic acid groups (broad SMARTS) is 1. The molecule has 6 nitrogen and oxygen atoms in total. The smallest absolute Gasteiger partial charge is 0.312 e. The number of hydrogen-bond donors (Lipinski definition) is 1. The van der Waals surface area contributed by atoms with E-state index in [1.54, 1.807) is 29.2 Å². The van der Waals surface area contributed by atoms with Crippen molar-refractivity contribution in [3.8, 4) is 0 Å². The molecular weight excluding hydrogens is 332 g/mol. The van der Waals surface area contributed by atoms with Crippen LogP contribution in [0.4, 0.5) is 5.69 Å². The van der Waals surface area contributed by atoms with Crippen molar-refractivity contribution in [2.24, 2.45) is 0 Å². The second-order valence-electron chi connectivity index (χ2n) is 6.69. The predicted octanol–water partition coefficient (Wildman–Crippen LogP) is 3.02. The van der Waals surface area contributed by atoms with Gasteiger partial charge >= 0.3 is 5.97 Å². The van der Waals surface area contributed by atoms with Gasteiger partial charge < -0.3 is 14.9 Å². The van der Waals surface area contributed by atoms with Crippen molar-refractivity contribution < 1.29 is 19.5 Å². The lowest BCUT2D eigenvalue weighted by Gasteiger charge is -2.22. The van der Waals surface area contributed by atoms with Gasteiger partial charge in [0.25, 0.3) is 0 Å². The van der Waals surface area contributed by atoms with Crippen LogP contribution in [0.5, 0.6) is 0 Å². The summed E-state index contributed by atoms with van der Waals surface area (Å²) in [5.41, 5.74) is 1.36. The molecule has 1 atom stereocenters. The average Bonchev–Trinajstić information content (AvgIpc) is 3.01. The number of nitrogens with zero attached hydrogens (tertiary/aromatic N) is 2. The maximum absolute atomic E-state index is 12.6. The van der Waals surface area contributed by atoms with Crippen molar-refractivity contribution in [3.63, 3.8) is 0 Å². The van der Waals surface area contributed by atoms with Gasteiger partial charge in [0.1, 0.15) is 5.92 Å². The number of hydrogen-bond acceptors (Lipinski definition) is 3. The Labute approximate surface area is 154 Å². The van der Waals surface area contributed by atoms with Crippen LogP contribution in [-0.2, 0) is 14.4 Å². The summed E-state index contributed by atoms with van der Waals surface area (Å²) in [7, 11) is 0. The van der Waals surface area contributed by atoms with Gasteiger partial charge in [0.05, 0.1) is 0 Å². The zero-order valence-corrected chi connectivity index (χ0v) is 15.6. The van der Waals surface area contributed by atoms with Gasteiger partial charge in [0.2, 0.25) is 11.8 Å². The van der Waals surface area contributed by atoms with Gasteiger partial charge in [-0.05, 0) is 30.9 Å². The van der Waals surface area contributed by atoms with E-state index in [4.69, 9.17) is 0 Å². The first-order chi connectivity index (χ1) is 12.5. The lowest BCUT2D eigenvalue weighted by molar-refractivity contribution is -0.138. The summed E-state index contributed by atoms with van der Waals surface area (Å²) in [5, 5.41) is 9.38. The fraction of sp³-hybridized carbons (Fsp3) is 0.550. The molecule has 1 heterocycles. The maximum atomic E-state index is 12.6. The van der Waals surface area contributed by atoms with E-state index in [0.717, 1.165) is 25.9 Å². The molecule has 1 aromatic rings. The molecule has 0 radical (unpaired) electrons. The molecule has 2 amide bonds. The van der Waals surface area contributed by atoms with Crippen LogP contribution in [0, 0.1) is 0 Å². The third-order valence-electron chi connectivity index (χ3n) is 4.69. The summed E-state index contributed by atoms with van der Waals surface area (Å²) in [6.07, 6.45) is 2.93. The molecule has 0 spiro atoms. The minimum atomic E-state index is -0.919. The Morgan fingerprint density at radius 2 is 1.77 bits per heavy atom. The Morgan fingerprint density at radius 1 is 1.12 bits per heavy atom. The van der Waals surface area contributed by atoms with Gasteiger partial charge in [0, 0.05) is 38.2 Å². The SMILES string of the molecule is CCCN(CCC)C(=O)CCCC(=O)N1CC(C(=O)O)c2ccccc21. The van der Waals surface area contributed by atoms with Crippen LogP contribution in [0.3, 0.4) is 0 Å². The van der Waals surface area contributed by atoms with Gasteiger partial charge in [-0.15, -0.1) is 0 Å². The highest BCUT2D eigenvalue weighted by Gasteiger charge is 2.35. The molecule has 0 aromatic heterocycles. The number of anilines is 1. The van der Waals surface area contributed by atoms with Gasteiger partial charge in [-0.1, -0.05) is 32.0 Å². The van der Waals surface area contributed by atoms with Crippen LogP contribution in [0.2, 0.25) is 0 Å². The standard InChI is InChI=1S/C20H28N2O4/c1-3-12-21(13-4-2)18(23)10-7-11-19(24)22-14-16(20(25)26)15-8-5-6-9-17(15)22/h5-6,8-9,16H,3-4,7,10-14H2,1-2H3,(H,25,26). The van der Waals surface area contributed by atoms with Crippen molar-refractivity contribution >= 4 is 23.5 Å². The second-order valence-corrected chi connectivity index (χ2v) is 6.69. The number of rotatable bonds is 9. The van der Waals surface area contributed by atoms with E-state index in [9.17, 15) is 19.5 Å². The molecule has 0 saturated carbocycles. The molecule has 0 bridgehead atoms. The van der Waals surface area contributed by atoms with Crippen LogP contribution in [0.25, 0.3) is 0 Å². The number of amides is 2. The minimum Gasteiger partial charge on any atom is -0.481 e. The average molecular weight is 360 g/mol. The third kappa shape index (κ3) is 4.62. The number of carboxylic acids is 1. The number of fused-ring (bicyclic) bond motifs is 1. The van der Waals surface area contributed by atoms with Crippen LogP contribution >= 0.6 is 0 Å². The Kier molecular flexibility index (Phi) is 7.18. The summed E-state index contributed by atoms with van der Waals surface area (Å²) in [6, 6.07) is 7.14. The molecule has 1 aromatic carbocycles. The molecule has 0 aliphatic carbocycles. The third-order valence-corrected chi connectivity index (χ3v) is 4.69. The molecule has 1 N–H and O–H groups in total. The molecule has 26 heavy (non-hydrogen) atoms. The quantitative estimate of drug-likeness (QED) is 0.734. The summed E-state index contributed by atoms with van der Waals surface area (Å²) in [6.45, 7) is 5.76. The van der Waals surface area contributed by atoms with Crippen molar-refractivity contribution in [2.45, 2.75) is 51.9 Å². The van der Waals surface area contributed by atoms with Gasteiger partial charge in [-0.2, -0.15) is 0 Å². The predicted molar refractivity (Wildman–Crippen MR) is 100 cm³/mol. The zero-order chi connectivity index (χ0) is 19.1. The maximum Gasteiger partial charge on any atom is 0.312 e. The molecule has 142 valence electrons. The number of carbonyl (C=O) groups is 3. The number of aliphatic carboxylic acids is 1. The van der Waals surface area contributed by atoms with Crippen molar-refractivity contribution in [1.82, 2.24) is 4.90 Å². The first-order valence-electron chi connectivity index (χ1n) is 9.39. The zero-order valence-electron chi connectivity index (χ0n) is 15.6. The number of benzene rings is 1. The van der Waals surface area contributed by atoms with E-state index in [2.05, 4.69) is 0 Å². The van der Waals surface area contributed by atoms with E-state index in [0.29, 0.717) is 24.1 Å².